The Morgan fingerprint density at radius 3 is 2.41 bits per heavy atom. The van der Waals surface area contributed by atoms with Crippen molar-refractivity contribution in [3.8, 4) is 5.75 Å². The second-order valence-electron chi connectivity index (χ2n) is 4.44. The molecule has 1 atom stereocenters. The molecule has 0 aromatic heterocycles. The van der Waals surface area contributed by atoms with Crippen molar-refractivity contribution in [2.75, 3.05) is 7.11 Å². The van der Waals surface area contributed by atoms with E-state index in [0.717, 1.165) is 11.7 Å². The van der Waals surface area contributed by atoms with E-state index in [4.69, 9.17) is 4.74 Å². The molecule has 0 aliphatic carbocycles. The lowest BCUT2D eigenvalue weighted by atomic mass is 9.98. The third kappa shape index (κ3) is 5.08. The van der Waals surface area contributed by atoms with Gasteiger partial charge in [-0.2, -0.15) is 0 Å². The summed E-state index contributed by atoms with van der Waals surface area (Å²) < 4.78 is 5.14. The molecule has 0 heterocycles. The fourth-order valence-electron chi connectivity index (χ4n) is 1.86. The van der Waals surface area contributed by atoms with E-state index in [2.05, 4.69) is 38.1 Å². The van der Waals surface area contributed by atoms with Crippen LogP contribution >= 0.6 is 0 Å². The quantitative estimate of drug-likeness (QED) is 0.648. The molecule has 0 bridgehead atoms. The first-order chi connectivity index (χ1) is 8.30. The van der Waals surface area contributed by atoms with E-state index in [1.165, 1.54) is 31.2 Å². The molecule has 0 aliphatic rings. The van der Waals surface area contributed by atoms with Gasteiger partial charge in [0, 0.05) is 0 Å². The molecule has 0 aliphatic heterocycles. The van der Waals surface area contributed by atoms with Crippen molar-refractivity contribution in [1.29, 1.82) is 0 Å². The van der Waals surface area contributed by atoms with Crippen LogP contribution in [0.15, 0.2) is 30.3 Å². The fourth-order valence-corrected chi connectivity index (χ4v) is 1.86. The van der Waals surface area contributed by atoms with Crippen LogP contribution in [0.2, 0.25) is 0 Å². The van der Waals surface area contributed by atoms with Crippen LogP contribution in [0.1, 0.15) is 45.1 Å². The van der Waals surface area contributed by atoms with E-state index >= 15 is 0 Å². The van der Waals surface area contributed by atoms with Crippen molar-refractivity contribution in [1.82, 2.24) is 0 Å². The van der Waals surface area contributed by atoms with Crippen molar-refractivity contribution in [2.45, 2.75) is 39.5 Å². The molecule has 1 heteroatoms. The van der Waals surface area contributed by atoms with E-state index in [0.29, 0.717) is 0 Å². The number of hydrogen-bond acceptors (Lipinski definition) is 1. The first kappa shape index (κ1) is 13.8. The fraction of sp³-hybridized carbons (Fsp3) is 0.500. The molecule has 0 amide bonds. The normalized spacial score (nSPS) is 12.9. The molecule has 1 rings (SSSR count). The Hall–Kier alpha value is -1.24. The summed E-state index contributed by atoms with van der Waals surface area (Å²) in [5, 5.41) is 0. The van der Waals surface area contributed by atoms with Gasteiger partial charge in [-0.1, -0.05) is 51.0 Å². The predicted octanol–water partition coefficient (Wildman–Crippen LogP) is 4.92. The van der Waals surface area contributed by atoms with Crippen LogP contribution in [-0.4, -0.2) is 7.11 Å². The van der Waals surface area contributed by atoms with Gasteiger partial charge in [0.25, 0.3) is 0 Å². The lowest BCUT2D eigenvalue weighted by Gasteiger charge is -2.08. The van der Waals surface area contributed by atoms with E-state index in [1.54, 1.807) is 7.11 Å². The van der Waals surface area contributed by atoms with Gasteiger partial charge in [0.1, 0.15) is 5.75 Å². The minimum atomic E-state index is 0.719. The van der Waals surface area contributed by atoms with Gasteiger partial charge in [0.2, 0.25) is 0 Å². The van der Waals surface area contributed by atoms with Gasteiger partial charge in [0.05, 0.1) is 7.11 Å². The van der Waals surface area contributed by atoms with Gasteiger partial charge in [-0.15, -0.1) is 0 Å². The van der Waals surface area contributed by atoms with E-state index in [1.807, 2.05) is 12.1 Å². The smallest absolute Gasteiger partial charge is 0.118 e. The Labute approximate surface area is 106 Å². The summed E-state index contributed by atoms with van der Waals surface area (Å²) in [5.74, 6) is 1.64. The van der Waals surface area contributed by atoms with Gasteiger partial charge in [-0.05, 0) is 36.5 Å². The number of unbranched alkanes of at least 4 members (excludes halogenated alkanes) is 1. The SMILES string of the molecule is CCCCC(/C=C/c1ccc(OC)cc1)CC. The highest BCUT2D eigenvalue weighted by molar-refractivity contribution is 5.50. The highest BCUT2D eigenvalue weighted by atomic mass is 16.5. The van der Waals surface area contributed by atoms with E-state index in [9.17, 15) is 0 Å². The second kappa shape index (κ2) is 7.94. The summed E-state index contributed by atoms with van der Waals surface area (Å²) in [6.07, 6.45) is 9.71. The summed E-state index contributed by atoms with van der Waals surface area (Å²) in [5.41, 5.74) is 1.25. The van der Waals surface area contributed by atoms with Crippen LogP contribution in [0, 0.1) is 5.92 Å². The van der Waals surface area contributed by atoms with Crippen LogP contribution < -0.4 is 4.74 Å². The van der Waals surface area contributed by atoms with Crippen molar-refractivity contribution in [3.63, 3.8) is 0 Å². The highest BCUT2D eigenvalue weighted by Crippen LogP contribution is 2.17. The average molecular weight is 232 g/mol. The van der Waals surface area contributed by atoms with Crippen LogP contribution in [-0.2, 0) is 0 Å². The molecule has 0 saturated carbocycles. The van der Waals surface area contributed by atoms with E-state index < -0.39 is 0 Å². The number of benzene rings is 1. The molecule has 1 nitrogen and oxygen atoms in total. The zero-order chi connectivity index (χ0) is 12.5. The van der Waals surface area contributed by atoms with Crippen molar-refractivity contribution >= 4 is 6.08 Å². The van der Waals surface area contributed by atoms with Crippen LogP contribution in [0.5, 0.6) is 5.75 Å². The van der Waals surface area contributed by atoms with Crippen LogP contribution in [0.25, 0.3) is 6.08 Å². The molecule has 0 N–H and O–H groups in total. The Bertz CT molecular complexity index is 324. The topological polar surface area (TPSA) is 9.23 Å². The predicted molar refractivity (Wildman–Crippen MR) is 75.3 cm³/mol. The Kier molecular flexibility index (Phi) is 6.46. The third-order valence-corrected chi connectivity index (χ3v) is 3.13. The first-order valence-corrected chi connectivity index (χ1v) is 6.62. The maximum atomic E-state index is 5.14. The van der Waals surface area contributed by atoms with Crippen molar-refractivity contribution in [3.05, 3.63) is 35.9 Å². The summed E-state index contributed by atoms with van der Waals surface area (Å²) >= 11 is 0. The molecule has 0 saturated heterocycles. The summed E-state index contributed by atoms with van der Waals surface area (Å²) in [6.45, 7) is 4.51. The first-order valence-electron chi connectivity index (χ1n) is 6.62. The van der Waals surface area contributed by atoms with Gasteiger partial charge in [-0.3, -0.25) is 0 Å². The number of hydrogen-bond donors (Lipinski definition) is 0. The lowest BCUT2D eigenvalue weighted by molar-refractivity contribution is 0.415. The van der Waals surface area contributed by atoms with Crippen LogP contribution in [0.3, 0.4) is 0 Å². The Morgan fingerprint density at radius 2 is 1.88 bits per heavy atom. The van der Waals surface area contributed by atoms with Crippen molar-refractivity contribution < 1.29 is 4.74 Å². The summed E-state index contributed by atoms with van der Waals surface area (Å²) in [6, 6.07) is 8.21. The van der Waals surface area contributed by atoms with Gasteiger partial charge < -0.3 is 4.74 Å². The maximum Gasteiger partial charge on any atom is 0.118 e. The molecular formula is C16H24O. The largest absolute Gasteiger partial charge is 0.497 e. The standard InChI is InChI=1S/C16H24O/c1-4-6-7-14(5-2)8-9-15-10-12-16(17-3)13-11-15/h8-14H,4-7H2,1-3H3/b9-8+. The summed E-state index contributed by atoms with van der Waals surface area (Å²) in [7, 11) is 1.70. The molecule has 94 valence electrons. The van der Waals surface area contributed by atoms with Crippen LogP contribution in [0.4, 0.5) is 0 Å². The zero-order valence-corrected chi connectivity index (χ0v) is 11.3. The molecule has 0 radical (unpaired) electrons. The molecule has 1 unspecified atom stereocenters. The number of allylic oxidation sites excluding steroid dienone is 1. The minimum Gasteiger partial charge on any atom is -0.497 e. The molecule has 0 fully saturated rings. The lowest BCUT2D eigenvalue weighted by Crippen LogP contribution is -1.93. The highest BCUT2D eigenvalue weighted by Gasteiger charge is 2.00. The molecular weight excluding hydrogens is 208 g/mol. The second-order valence-corrected chi connectivity index (χ2v) is 4.44. The maximum absolute atomic E-state index is 5.14. The average Bonchev–Trinajstić information content (AvgIpc) is 2.39. The summed E-state index contributed by atoms with van der Waals surface area (Å²) in [4.78, 5) is 0. The van der Waals surface area contributed by atoms with Crippen molar-refractivity contribution in [2.24, 2.45) is 5.92 Å². The number of ether oxygens (including phenoxy) is 1. The van der Waals surface area contributed by atoms with E-state index in [-0.39, 0.29) is 0 Å². The van der Waals surface area contributed by atoms with Gasteiger partial charge in [-0.25, -0.2) is 0 Å². The molecule has 1 aromatic carbocycles. The Morgan fingerprint density at radius 1 is 1.18 bits per heavy atom. The van der Waals surface area contributed by atoms with Gasteiger partial charge in [0.15, 0.2) is 0 Å². The molecule has 0 spiro atoms. The zero-order valence-electron chi connectivity index (χ0n) is 11.3. The number of methoxy groups -OCH3 is 1. The molecule has 17 heavy (non-hydrogen) atoms. The minimum absolute atomic E-state index is 0.719. The van der Waals surface area contributed by atoms with Gasteiger partial charge >= 0.3 is 0 Å². The Balaban J connectivity index is 2.54. The molecule has 1 aromatic rings. The number of rotatable bonds is 7. The monoisotopic (exact) mass is 232 g/mol. The third-order valence-electron chi connectivity index (χ3n) is 3.13.